The average Bonchev–Trinajstić information content (AvgIpc) is 3.14. The van der Waals surface area contributed by atoms with Crippen LogP contribution < -0.4 is 5.11 Å². The molecule has 0 fully saturated rings. The van der Waals surface area contributed by atoms with Crippen LogP contribution in [0.3, 0.4) is 0 Å². The third kappa shape index (κ3) is 36.7. The zero-order chi connectivity index (χ0) is 40.7. The van der Waals surface area contributed by atoms with Gasteiger partial charge < -0.3 is 28.6 Å². The number of aliphatic carboxylic acids is 1. The Hall–Kier alpha value is -2.71. The average molecular weight is 774 g/mol. The first-order chi connectivity index (χ1) is 26.6. The molecule has 0 rings (SSSR count). The Morgan fingerprint density at radius 2 is 1.02 bits per heavy atom. The number of carbonyl (C=O) groups is 3. The van der Waals surface area contributed by atoms with Crippen molar-refractivity contribution in [1.82, 2.24) is 0 Å². The van der Waals surface area contributed by atoms with Gasteiger partial charge in [-0.15, -0.1) is 0 Å². The molecule has 8 nitrogen and oxygen atoms in total. The molecule has 0 aliphatic rings. The molecule has 2 atom stereocenters. The molecule has 0 saturated heterocycles. The Balaban J connectivity index is 4.36. The largest absolute Gasteiger partial charge is 0.544 e. The molecule has 0 aliphatic heterocycles. The molecule has 2 unspecified atom stereocenters. The summed E-state index contributed by atoms with van der Waals surface area (Å²) in [5.41, 5.74) is 0. The Bertz CT molecular complexity index is 1040. The molecule has 0 amide bonds. The number of carboxylic acid groups (broad SMARTS) is 1. The molecule has 55 heavy (non-hydrogen) atoms. The first-order valence-electron chi connectivity index (χ1n) is 22.2. The smallest absolute Gasteiger partial charge is 0.306 e. The minimum Gasteiger partial charge on any atom is -0.544 e. The van der Waals surface area contributed by atoms with E-state index in [1.807, 2.05) is 0 Å². The SMILES string of the molecule is CC/C=C/C/C=C/CCCCCCCCCC(=O)OCC(COCCC(C(=O)[O-])[N+](C)(C)C)OC(=O)CCCCCCCCC/C=C/C/C=C/CCCCC. The minimum absolute atomic E-state index is 0.0343. The van der Waals surface area contributed by atoms with Gasteiger partial charge in [0, 0.05) is 19.3 Å². The number of unbranched alkanes of at least 4 members (excludes halogenated alkanes) is 17. The minimum atomic E-state index is -1.13. The Labute approximate surface area is 337 Å². The van der Waals surface area contributed by atoms with Gasteiger partial charge in [0.1, 0.15) is 12.6 Å². The van der Waals surface area contributed by atoms with Crippen molar-refractivity contribution >= 4 is 17.9 Å². The van der Waals surface area contributed by atoms with E-state index in [0.29, 0.717) is 12.8 Å². The molecule has 318 valence electrons. The highest BCUT2D eigenvalue weighted by Crippen LogP contribution is 2.14. The molecule has 0 bridgehead atoms. The van der Waals surface area contributed by atoms with E-state index in [9.17, 15) is 19.5 Å². The number of allylic oxidation sites excluding steroid dienone is 8. The van der Waals surface area contributed by atoms with Crippen LogP contribution in [0.4, 0.5) is 0 Å². The molecule has 0 heterocycles. The summed E-state index contributed by atoms with van der Waals surface area (Å²) in [6, 6.07) is -0.729. The van der Waals surface area contributed by atoms with Crippen molar-refractivity contribution in [3.05, 3.63) is 48.6 Å². The maximum absolute atomic E-state index is 12.7. The predicted molar refractivity (Wildman–Crippen MR) is 226 cm³/mol. The topological polar surface area (TPSA) is 102 Å². The van der Waals surface area contributed by atoms with Crippen LogP contribution in [0.25, 0.3) is 0 Å². The summed E-state index contributed by atoms with van der Waals surface area (Å²) in [5, 5.41) is 11.6. The van der Waals surface area contributed by atoms with E-state index in [1.54, 1.807) is 21.1 Å². The molecule has 0 spiro atoms. The summed E-state index contributed by atoms with van der Waals surface area (Å²) < 4.78 is 17.2. The lowest BCUT2D eigenvalue weighted by molar-refractivity contribution is -0.889. The summed E-state index contributed by atoms with van der Waals surface area (Å²) >= 11 is 0. The summed E-state index contributed by atoms with van der Waals surface area (Å²) in [4.78, 5) is 36.8. The van der Waals surface area contributed by atoms with Gasteiger partial charge >= 0.3 is 11.9 Å². The summed E-state index contributed by atoms with van der Waals surface area (Å²) in [6.07, 6.45) is 44.1. The lowest BCUT2D eigenvalue weighted by atomic mass is 10.1. The number of rotatable bonds is 39. The van der Waals surface area contributed by atoms with Crippen molar-refractivity contribution in [2.45, 2.75) is 193 Å². The highest BCUT2D eigenvalue weighted by atomic mass is 16.6. The first-order valence-corrected chi connectivity index (χ1v) is 22.2. The van der Waals surface area contributed by atoms with Gasteiger partial charge in [-0.1, -0.05) is 140 Å². The van der Waals surface area contributed by atoms with E-state index < -0.39 is 18.1 Å². The normalized spacial score (nSPS) is 13.4. The van der Waals surface area contributed by atoms with Crippen LogP contribution in [0.15, 0.2) is 48.6 Å². The highest BCUT2D eigenvalue weighted by Gasteiger charge is 2.25. The van der Waals surface area contributed by atoms with Gasteiger partial charge in [-0.2, -0.15) is 0 Å². The number of carbonyl (C=O) groups excluding carboxylic acids is 3. The predicted octanol–water partition coefficient (Wildman–Crippen LogP) is 10.7. The molecular formula is C47H83NO7. The molecule has 0 saturated carbocycles. The number of quaternary nitrogens is 1. The Morgan fingerprint density at radius 3 is 1.49 bits per heavy atom. The van der Waals surface area contributed by atoms with Gasteiger partial charge in [-0.05, 0) is 70.6 Å². The van der Waals surface area contributed by atoms with Gasteiger partial charge in [0.05, 0.1) is 40.3 Å². The number of carboxylic acids is 1. The fraction of sp³-hybridized carbons (Fsp3) is 0.766. The van der Waals surface area contributed by atoms with E-state index >= 15 is 0 Å². The number of nitrogens with zero attached hydrogens (tertiary/aromatic N) is 1. The Morgan fingerprint density at radius 1 is 0.564 bits per heavy atom. The molecule has 0 aromatic carbocycles. The van der Waals surface area contributed by atoms with Gasteiger partial charge in [-0.3, -0.25) is 9.59 Å². The molecule has 0 aliphatic carbocycles. The van der Waals surface area contributed by atoms with Crippen molar-refractivity contribution in [2.24, 2.45) is 0 Å². The lowest BCUT2D eigenvalue weighted by Crippen LogP contribution is -2.55. The molecule has 0 aromatic rings. The number of hydrogen-bond acceptors (Lipinski definition) is 7. The van der Waals surface area contributed by atoms with E-state index in [-0.39, 0.29) is 42.7 Å². The quantitative estimate of drug-likeness (QED) is 0.0265. The monoisotopic (exact) mass is 774 g/mol. The van der Waals surface area contributed by atoms with Crippen LogP contribution in [0, 0.1) is 0 Å². The standard InChI is InChI=1S/C47H83NO7/c1-6-8-10-12-14-16-18-20-22-23-24-26-28-30-32-34-36-38-46(50)55-43(41-53-40-39-44(47(51)52)48(3,4)5)42-54-45(49)37-35-33-31-29-27-25-21-19-17-15-13-11-9-7-2/h9,11,14-17,20,22,43-44H,6-8,10,12-13,18-19,21,23-42H2,1-5H3/b11-9+,16-14+,17-15+,22-20+. The maximum Gasteiger partial charge on any atom is 0.306 e. The molecule has 0 aromatic heterocycles. The molecule has 0 radical (unpaired) electrons. The number of esters is 2. The summed E-state index contributed by atoms with van der Waals surface area (Å²) in [6.45, 7) is 4.51. The second kappa shape index (κ2) is 38.2. The van der Waals surface area contributed by atoms with Crippen LogP contribution in [-0.2, 0) is 28.6 Å². The number of likely N-dealkylation sites (N-methyl/N-ethyl adjacent to an activating group) is 1. The number of ether oxygens (including phenoxy) is 3. The van der Waals surface area contributed by atoms with Gasteiger partial charge in [0.25, 0.3) is 0 Å². The third-order valence-electron chi connectivity index (χ3n) is 9.70. The van der Waals surface area contributed by atoms with Crippen molar-refractivity contribution < 1.29 is 38.2 Å². The molecular weight excluding hydrogens is 691 g/mol. The molecule has 0 N–H and O–H groups in total. The van der Waals surface area contributed by atoms with Crippen LogP contribution in [0.1, 0.15) is 181 Å². The fourth-order valence-electron chi connectivity index (χ4n) is 6.26. The maximum atomic E-state index is 12.7. The number of hydrogen-bond donors (Lipinski definition) is 0. The second-order valence-electron chi connectivity index (χ2n) is 15.9. The van der Waals surface area contributed by atoms with E-state index in [2.05, 4.69) is 62.5 Å². The van der Waals surface area contributed by atoms with Gasteiger partial charge in [0.2, 0.25) is 0 Å². The van der Waals surface area contributed by atoms with Crippen molar-refractivity contribution in [3.8, 4) is 0 Å². The Kier molecular flexibility index (Phi) is 36.3. The first kappa shape index (κ1) is 52.3. The highest BCUT2D eigenvalue weighted by molar-refractivity contribution is 5.70. The fourth-order valence-corrected chi connectivity index (χ4v) is 6.26. The van der Waals surface area contributed by atoms with Crippen molar-refractivity contribution in [2.75, 3.05) is 41.0 Å². The van der Waals surface area contributed by atoms with Crippen molar-refractivity contribution in [3.63, 3.8) is 0 Å². The van der Waals surface area contributed by atoms with E-state index in [1.165, 1.54) is 77.0 Å². The zero-order valence-corrected chi connectivity index (χ0v) is 36.1. The van der Waals surface area contributed by atoms with Crippen molar-refractivity contribution in [1.29, 1.82) is 0 Å². The van der Waals surface area contributed by atoms with Gasteiger partial charge in [0.15, 0.2) is 6.10 Å². The van der Waals surface area contributed by atoms with E-state index in [0.717, 1.165) is 70.6 Å². The van der Waals surface area contributed by atoms with E-state index in [4.69, 9.17) is 14.2 Å². The van der Waals surface area contributed by atoms with Crippen LogP contribution >= 0.6 is 0 Å². The summed E-state index contributed by atoms with van der Waals surface area (Å²) in [7, 11) is 5.40. The zero-order valence-electron chi connectivity index (χ0n) is 36.1. The third-order valence-corrected chi connectivity index (χ3v) is 9.70. The van der Waals surface area contributed by atoms with Crippen LogP contribution in [0.5, 0.6) is 0 Å². The van der Waals surface area contributed by atoms with Crippen LogP contribution in [0.2, 0.25) is 0 Å². The second-order valence-corrected chi connectivity index (χ2v) is 15.9. The molecule has 8 heteroatoms. The summed E-state index contributed by atoms with van der Waals surface area (Å²) in [5.74, 6) is -1.76. The lowest BCUT2D eigenvalue weighted by Gasteiger charge is -2.34. The van der Waals surface area contributed by atoms with Gasteiger partial charge in [-0.25, -0.2) is 0 Å². The van der Waals surface area contributed by atoms with Crippen LogP contribution in [-0.4, -0.2) is 75.5 Å².